The molecule has 0 spiro atoms. The molecular formula is C18H16FN3O3. The van der Waals surface area contributed by atoms with Crippen LogP contribution in [-0.2, 0) is 0 Å². The lowest BCUT2D eigenvalue weighted by atomic mass is 10.2. The van der Waals surface area contributed by atoms with E-state index in [0.29, 0.717) is 17.0 Å². The number of hydrogen-bond acceptors (Lipinski definition) is 5. The van der Waals surface area contributed by atoms with Gasteiger partial charge in [0.15, 0.2) is 0 Å². The Labute approximate surface area is 143 Å². The largest absolute Gasteiger partial charge is 0.491 e. The second-order valence-corrected chi connectivity index (χ2v) is 5.56. The van der Waals surface area contributed by atoms with Crippen molar-refractivity contribution in [1.82, 2.24) is 10.2 Å². The van der Waals surface area contributed by atoms with Crippen LogP contribution in [0.3, 0.4) is 0 Å². The molecule has 2 aromatic carbocycles. The van der Waals surface area contributed by atoms with E-state index in [1.165, 1.54) is 24.3 Å². The van der Waals surface area contributed by atoms with Crippen LogP contribution in [-0.4, -0.2) is 22.2 Å². The minimum atomic E-state index is -0.529. The zero-order valence-corrected chi connectivity index (χ0v) is 13.7. The molecule has 6 nitrogen and oxygen atoms in total. The Morgan fingerprint density at radius 3 is 2.40 bits per heavy atom. The van der Waals surface area contributed by atoms with E-state index in [-0.39, 0.29) is 23.7 Å². The zero-order valence-electron chi connectivity index (χ0n) is 13.7. The van der Waals surface area contributed by atoms with E-state index in [9.17, 15) is 9.18 Å². The van der Waals surface area contributed by atoms with Gasteiger partial charge in [-0.25, -0.2) is 4.39 Å². The highest BCUT2D eigenvalue weighted by Crippen LogP contribution is 2.20. The summed E-state index contributed by atoms with van der Waals surface area (Å²) in [5.41, 5.74) is 1.10. The minimum Gasteiger partial charge on any atom is -0.491 e. The fraction of sp³-hybridized carbons (Fsp3) is 0.167. The van der Waals surface area contributed by atoms with Gasteiger partial charge in [-0.3, -0.25) is 4.79 Å². The molecule has 0 radical (unpaired) electrons. The first-order valence-electron chi connectivity index (χ1n) is 7.69. The Morgan fingerprint density at radius 1 is 1.08 bits per heavy atom. The minimum absolute atomic E-state index is 0.0729. The van der Waals surface area contributed by atoms with Crippen LogP contribution in [0.1, 0.15) is 24.5 Å². The average Bonchev–Trinajstić information content (AvgIpc) is 3.07. The summed E-state index contributed by atoms with van der Waals surface area (Å²) >= 11 is 0. The Bertz CT molecular complexity index is 858. The highest BCUT2D eigenvalue weighted by Gasteiger charge is 2.16. The number of amides is 1. The van der Waals surface area contributed by atoms with Crippen molar-refractivity contribution in [3.8, 4) is 17.2 Å². The monoisotopic (exact) mass is 341 g/mol. The van der Waals surface area contributed by atoms with Crippen molar-refractivity contribution in [2.45, 2.75) is 20.0 Å². The van der Waals surface area contributed by atoms with Crippen LogP contribution in [0.4, 0.5) is 10.1 Å². The van der Waals surface area contributed by atoms with Gasteiger partial charge in [-0.2, -0.15) is 0 Å². The van der Waals surface area contributed by atoms with Gasteiger partial charge in [0.05, 0.1) is 6.10 Å². The van der Waals surface area contributed by atoms with E-state index in [1.54, 1.807) is 24.3 Å². The molecule has 7 heteroatoms. The summed E-state index contributed by atoms with van der Waals surface area (Å²) in [6.07, 6.45) is 0.0729. The number of carbonyl (C=O) groups excluding carboxylic acids is 1. The van der Waals surface area contributed by atoms with Crippen LogP contribution in [0.25, 0.3) is 11.5 Å². The molecule has 0 aliphatic heterocycles. The summed E-state index contributed by atoms with van der Waals surface area (Å²) in [5, 5.41) is 10.2. The SMILES string of the molecule is CC(C)Oc1ccc(NC(=O)c2nnc(-c3ccc(F)cc3)o2)cc1. The summed E-state index contributed by atoms with van der Waals surface area (Å²) in [5.74, 6) is -0.221. The maximum absolute atomic E-state index is 12.9. The summed E-state index contributed by atoms with van der Waals surface area (Å²) in [4.78, 5) is 12.2. The number of aromatic nitrogens is 2. The van der Waals surface area contributed by atoms with Gasteiger partial charge < -0.3 is 14.5 Å². The number of halogens is 1. The number of benzene rings is 2. The molecule has 3 rings (SSSR count). The van der Waals surface area contributed by atoms with Gasteiger partial charge in [-0.15, -0.1) is 10.2 Å². The Kier molecular flexibility index (Phi) is 4.74. The second kappa shape index (κ2) is 7.12. The van der Waals surface area contributed by atoms with E-state index in [1.807, 2.05) is 13.8 Å². The number of nitrogens with one attached hydrogen (secondary N) is 1. The van der Waals surface area contributed by atoms with Crippen molar-refractivity contribution in [2.24, 2.45) is 0 Å². The van der Waals surface area contributed by atoms with Gasteiger partial charge in [-0.05, 0) is 62.4 Å². The highest BCUT2D eigenvalue weighted by molar-refractivity contribution is 6.00. The topological polar surface area (TPSA) is 77.2 Å². The molecule has 1 heterocycles. The molecule has 0 aliphatic rings. The van der Waals surface area contributed by atoms with Crippen LogP contribution >= 0.6 is 0 Å². The third-order valence-corrected chi connectivity index (χ3v) is 3.19. The van der Waals surface area contributed by atoms with E-state index in [2.05, 4.69) is 15.5 Å². The van der Waals surface area contributed by atoms with Gasteiger partial charge >= 0.3 is 11.8 Å². The van der Waals surface area contributed by atoms with Gasteiger partial charge in [-0.1, -0.05) is 0 Å². The summed E-state index contributed by atoms with van der Waals surface area (Å²) in [6, 6.07) is 12.5. The van der Waals surface area contributed by atoms with E-state index < -0.39 is 5.91 Å². The smallest absolute Gasteiger partial charge is 0.313 e. The van der Waals surface area contributed by atoms with Crippen LogP contribution in [0, 0.1) is 5.82 Å². The first-order chi connectivity index (χ1) is 12.0. The molecule has 0 saturated carbocycles. The standard InChI is InChI=1S/C18H16FN3O3/c1-11(2)24-15-9-7-14(8-10-15)20-16(23)18-22-21-17(25-18)12-3-5-13(19)6-4-12/h3-11H,1-2H3,(H,20,23). The van der Waals surface area contributed by atoms with Gasteiger partial charge in [0.2, 0.25) is 5.89 Å². The molecule has 0 saturated heterocycles. The number of nitrogens with zero attached hydrogens (tertiary/aromatic N) is 2. The van der Waals surface area contributed by atoms with Gasteiger partial charge in [0, 0.05) is 11.3 Å². The Balaban J connectivity index is 1.68. The molecule has 128 valence electrons. The molecule has 1 aromatic heterocycles. The van der Waals surface area contributed by atoms with Crippen LogP contribution in [0.15, 0.2) is 52.9 Å². The molecule has 1 amide bonds. The van der Waals surface area contributed by atoms with Crippen molar-refractivity contribution in [3.05, 3.63) is 60.2 Å². The lowest BCUT2D eigenvalue weighted by Gasteiger charge is -2.10. The molecule has 1 N–H and O–H groups in total. The molecule has 0 aliphatic carbocycles. The molecular weight excluding hydrogens is 325 g/mol. The van der Waals surface area contributed by atoms with E-state index >= 15 is 0 Å². The quantitative estimate of drug-likeness (QED) is 0.761. The Morgan fingerprint density at radius 2 is 1.76 bits per heavy atom. The normalized spacial score (nSPS) is 10.7. The zero-order chi connectivity index (χ0) is 17.8. The summed E-state index contributed by atoms with van der Waals surface area (Å²) < 4.78 is 23.8. The Hall–Kier alpha value is -3.22. The highest BCUT2D eigenvalue weighted by atomic mass is 19.1. The lowest BCUT2D eigenvalue weighted by Crippen LogP contribution is -2.12. The second-order valence-electron chi connectivity index (χ2n) is 5.56. The first-order valence-corrected chi connectivity index (χ1v) is 7.69. The fourth-order valence-corrected chi connectivity index (χ4v) is 2.10. The molecule has 0 fully saturated rings. The molecule has 0 unspecified atom stereocenters. The molecule has 3 aromatic rings. The molecule has 0 atom stereocenters. The first kappa shape index (κ1) is 16.6. The number of hydrogen-bond donors (Lipinski definition) is 1. The maximum atomic E-state index is 12.9. The van der Waals surface area contributed by atoms with Crippen LogP contribution < -0.4 is 10.1 Å². The number of carbonyl (C=O) groups is 1. The van der Waals surface area contributed by atoms with Crippen molar-refractivity contribution in [3.63, 3.8) is 0 Å². The van der Waals surface area contributed by atoms with Crippen molar-refractivity contribution >= 4 is 11.6 Å². The van der Waals surface area contributed by atoms with Crippen molar-refractivity contribution < 1.29 is 18.3 Å². The van der Waals surface area contributed by atoms with Gasteiger partial charge in [0.25, 0.3) is 0 Å². The van der Waals surface area contributed by atoms with Gasteiger partial charge in [0.1, 0.15) is 11.6 Å². The lowest BCUT2D eigenvalue weighted by molar-refractivity contribution is 0.0991. The molecule has 0 bridgehead atoms. The maximum Gasteiger partial charge on any atom is 0.313 e. The number of ether oxygens (including phenoxy) is 1. The fourth-order valence-electron chi connectivity index (χ4n) is 2.10. The third-order valence-electron chi connectivity index (χ3n) is 3.19. The summed E-state index contributed by atoms with van der Waals surface area (Å²) in [7, 11) is 0. The van der Waals surface area contributed by atoms with Crippen molar-refractivity contribution in [2.75, 3.05) is 5.32 Å². The predicted molar refractivity (Wildman–Crippen MR) is 89.9 cm³/mol. The number of rotatable bonds is 5. The van der Waals surface area contributed by atoms with E-state index in [0.717, 1.165) is 0 Å². The average molecular weight is 341 g/mol. The predicted octanol–water partition coefficient (Wildman–Crippen LogP) is 3.92. The summed E-state index contributed by atoms with van der Waals surface area (Å²) in [6.45, 7) is 3.87. The van der Waals surface area contributed by atoms with Crippen LogP contribution in [0.2, 0.25) is 0 Å². The third kappa shape index (κ3) is 4.20. The van der Waals surface area contributed by atoms with E-state index in [4.69, 9.17) is 9.15 Å². The molecule has 25 heavy (non-hydrogen) atoms. The van der Waals surface area contributed by atoms with Crippen molar-refractivity contribution in [1.29, 1.82) is 0 Å². The number of anilines is 1. The van der Waals surface area contributed by atoms with Crippen LogP contribution in [0.5, 0.6) is 5.75 Å².